The first-order valence-electron chi connectivity index (χ1n) is 15.2. The molecule has 1 atom stereocenters. The van der Waals surface area contributed by atoms with Crippen molar-refractivity contribution in [2.24, 2.45) is 5.92 Å². The van der Waals surface area contributed by atoms with Gasteiger partial charge in [0.25, 0.3) is 5.56 Å². The van der Waals surface area contributed by atoms with E-state index in [0.717, 1.165) is 47.9 Å². The Morgan fingerprint density at radius 1 is 0.907 bits per heavy atom. The normalized spacial score (nSPS) is 16.2. The first-order valence-corrected chi connectivity index (χ1v) is 15.2. The van der Waals surface area contributed by atoms with Crippen LogP contribution in [0.5, 0.6) is 0 Å². The van der Waals surface area contributed by atoms with Crippen LogP contribution in [0.25, 0.3) is 11.3 Å². The van der Waals surface area contributed by atoms with Crippen LogP contribution in [0.4, 0.5) is 0 Å². The molecule has 0 radical (unpaired) electrons. The lowest BCUT2D eigenvalue weighted by Gasteiger charge is -2.12. The highest BCUT2D eigenvalue weighted by molar-refractivity contribution is 5.90. The fraction of sp³-hybridized carbons (Fsp3) is 0.361. The summed E-state index contributed by atoms with van der Waals surface area (Å²) in [6.07, 6.45) is 13.0. The molecule has 3 aromatic rings. The Hall–Kier alpha value is -4.39. The van der Waals surface area contributed by atoms with Crippen molar-refractivity contribution in [3.05, 3.63) is 112 Å². The Kier molecular flexibility index (Phi) is 12.0. The third kappa shape index (κ3) is 10.4. The summed E-state index contributed by atoms with van der Waals surface area (Å²) in [6, 6.07) is 19.2. The van der Waals surface area contributed by atoms with Crippen LogP contribution in [0.15, 0.2) is 89.8 Å². The number of allylic oxidation sites excluding steroid dienone is 4. The molecule has 4 rings (SSSR count). The standard InChI is InChI=1S/C36H40N2O5/c1-2-43-36(42)23-18-29-9-5-12-30(24-29)26-38-35(41)22-21-34(37-38)31-13-6-10-28(25-31)11-7-15-33(40)20-17-27-8-3-4-14-32(39)19-16-27/h3-6,8-10,12-14,21-22,24-25,27H,2,7,11,15-20,23,26H2,1H3/b8-3-,14-4-/t27-/m0/s1. The minimum atomic E-state index is -0.219. The number of hydrogen-bond acceptors (Lipinski definition) is 6. The van der Waals surface area contributed by atoms with Crippen molar-refractivity contribution in [3.63, 3.8) is 0 Å². The van der Waals surface area contributed by atoms with Gasteiger partial charge in [-0.15, -0.1) is 0 Å². The van der Waals surface area contributed by atoms with Crippen LogP contribution in [-0.2, 0) is 38.5 Å². The number of hydrogen-bond donors (Lipinski definition) is 0. The van der Waals surface area contributed by atoms with Crippen LogP contribution in [0.2, 0.25) is 0 Å². The Morgan fingerprint density at radius 2 is 1.70 bits per heavy atom. The molecule has 43 heavy (non-hydrogen) atoms. The quantitative estimate of drug-likeness (QED) is 0.210. The van der Waals surface area contributed by atoms with E-state index in [1.807, 2.05) is 42.5 Å². The molecule has 0 amide bonds. The molecule has 0 saturated carbocycles. The van der Waals surface area contributed by atoms with Gasteiger partial charge in [-0.1, -0.05) is 60.7 Å². The van der Waals surface area contributed by atoms with E-state index in [1.165, 1.54) is 10.7 Å². The number of nitrogens with zero attached hydrogens (tertiary/aromatic N) is 2. The number of carbonyl (C=O) groups excluding carboxylic acids is 3. The van der Waals surface area contributed by atoms with Crippen LogP contribution in [0.1, 0.15) is 68.6 Å². The van der Waals surface area contributed by atoms with Crippen LogP contribution >= 0.6 is 0 Å². The van der Waals surface area contributed by atoms with Gasteiger partial charge in [-0.25, -0.2) is 4.68 Å². The predicted octanol–water partition coefficient (Wildman–Crippen LogP) is 6.22. The van der Waals surface area contributed by atoms with Crippen molar-refractivity contribution in [1.29, 1.82) is 0 Å². The molecule has 7 heteroatoms. The zero-order valence-corrected chi connectivity index (χ0v) is 24.9. The van der Waals surface area contributed by atoms with Crippen molar-refractivity contribution in [2.45, 2.75) is 71.3 Å². The maximum Gasteiger partial charge on any atom is 0.306 e. The van der Waals surface area contributed by atoms with Gasteiger partial charge in [0.2, 0.25) is 0 Å². The van der Waals surface area contributed by atoms with Crippen LogP contribution in [0, 0.1) is 5.92 Å². The summed E-state index contributed by atoms with van der Waals surface area (Å²) < 4.78 is 6.48. The number of carbonyl (C=O) groups is 3. The molecule has 0 bridgehead atoms. The third-order valence-corrected chi connectivity index (χ3v) is 7.59. The van der Waals surface area contributed by atoms with E-state index >= 15 is 0 Å². The van der Waals surface area contributed by atoms with Gasteiger partial charge in [0.1, 0.15) is 5.78 Å². The number of ketones is 2. The van der Waals surface area contributed by atoms with Crippen LogP contribution in [0.3, 0.4) is 0 Å². The van der Waals surface area contributed by atoms with E-state index in [-0.39, 0.29) is 29.0 Å². The summed E-state index contributed by atoms with van der Waals surface area (Å²) in [5.41, 5.74) is 4.49. The maximum absolute atomic E-state index is 12.6. The molecular weight excluding hydrogens is 540 g/mol. The van der Waals surface area contributed by atoms with E-state index < -0.39 is 0 Å². The largest absolute Gasteiger partial charge is 0.466 e. The molecule has 0 N–H and O–H groups in total. The SMILES string of the molecule is CCOC(=O)CCc1cccc(Cn2nc(-c3cccc(CCCC(=O)CC[C@H]4/C=C\C=C/C(=O)CC4)c3)ccc2=O)c1. The number of esters is 1. The van der Waals surface area contributed by atoms with Crippen molar-refractivity contribution in [3.8, 4) is 11.3 Å². The molecule has 7 nitrogen and oxygen atoms in total. The zero-order valence-electron chi connectivity index (χ0n) is 24.9. The van der Waals surface area contributed by atoms with E-state index in [9.17, 15) is 19.2 Å². The van der Waals surface area contributed by atoms with Gasteiger partial charge < -0.3 is 4.74 Å². The zero-order chi connectivity index (χ0) is 30.4. The molecule has 2 aromatic carbocycles. The van der Waals surface area contributed by atoms with Gasteiger partial charge in [0.15, 0.2) is 5.78 Å². The van der Waals surface area contributed by atoms with Crippen molar-refractivity contribution < 1.29 is 19.1 Å². The molecule has 1 aliphatic rings. The molecule has 1 aromatic heterocycles. The first kappa shape index (κ1) is 31.5. The van der Waals surface area contributed by atoms with Gasteiger partial charge in [0, 0.05) is 37.3 Å². The first-order chi connectivity index (χ1) is 20.9. The van der Waals surface area contributed by atoms with E-state index in [2.05, 4.69) is 23.3 Å². The molecule has 0 unspecified atom stereocenters. The summed E-state index contributed by atoms with van der Waals surface area (Å²) >= 11 is 0. The Morgan fingerprint density at radius 3 is 2.53 bits per heavy atom. The highest BCUT2D eigenvalue weighted by Crippen LogP contribution is 2.21. The second kappa shape index (κ2) is 16.3. The van der Waals surface area contributed by atoms with E-state index in [4.69, 9.17) is 4.74 Å². The van der Waals surface area contributed by atoms with Crippen LogP contribution in [-0.4, -0.2) is 33.9 Å². The van der Waals surface area contributed by atoms with Gasteiger partial charge in [-0.2, -0.15) is 5.10 Å². The summed E-state index contributed by atoms with van der Waals surface area (Å²) in [7, 11) is 0. The lowest BCUT2D eigenvalue weighted by Crippen LogP contribution is -2.22. The van der Waals surface area contributed by atoms with Crippen LogP contribution < -0.4 is 5.56 Å². The second-order valence-electron chi connectivity index (χ2n) is 11.0. The Balaban J connectivity index is 1.31. The molecule has 224 valence electrons. The van der Waals surface area contributed by atoms with E-state index in [1.54, 1.807) is 25.1 Å². The number of aryl methyl sites for hydroxylation is 2. The smallest absolute Gasteiger partial charge is 0.306 e. The number of Topliss-reactive ketones (excluding diaryl/α,β-unsaturated/α-hetero) is 1. The molecule has 0 spiro atoms. The van der Waals surface area contributed by atoms with E-state index in [0.29, 0.717) is 50.9 Å². The Bertz CT molecular complexity index is 1530. The average molecular weight is 581 g/mol. The number of benzene rings is 2. The highest BCUT2D eigenvalue weighted by atomic mass is 16.5. The molecule has 1 aliphatic carbocycles. The molecule has 0 saturated heterocycles. The summed E-state index contributed by atoms with van der Waals surface area (Å²) in [5.74, 6) is 0.451. The second-order valence-corrected chi connectivity index (χ2v) is 11.0. The third-order valence-electron chi connectivity index (χ3n) is 7.59. The highest BCUT2D eigenvalue weighted by Gasteiger charge is 2.12. The minimum Gasteiger partial charge on any atom is -0.466 e. The fourth-order valence-corrected chi connectivity index (χ4v) is 5.23. The predicted molar refractivity (Wildman–Crippen MR) is 168 cm³/mol. The summed E-state index contributed by atoms with van der Waals surface area (Å²) in [4.78, 5) is 48.6. The van der Waals surface area contributed by atoms with Gasteiger partial charge in [-0.05, 0) is 79.8 Å². The van der Waals surface area contributed by atoms with Crippen molar-refractivity contribution in [2.75, 3.05) is 6.61 Å². The maximum atomic E-state index is 12.6. The number of aromatic nitrogens is 2. The van der Waals surface area contributed by atoms with Gasteiger partial charge >= 0.3 is 5.97 Å². The summed E-state index contributed by atoms with van der Waals surface area (Å²) in [5, 5.41) is 4.65. The van der Waals surface area contributed by atoms with Gasteiger partial charge in [0.05, 0.1) is 18.8 Å². The molecule has 1 heterocycles. The minimum absolute atomic E-state index is 0.145. The van der Waals surface area contributed by atoms with Crippen molar-refractivity contribution in [1.82, 2.24) is 9.78 Å². The van der Waals surface area contributed by atoms with Crippen molar-refractivity contribution >= 4 is 17.5 Å². The molecule has 0 fully saturated rings. The van der Waals surface area contributed by atoms with Gasteiger partial charge in [-0.3, -0.25) is 19.2 Å². The lowest BCUT2D eigenvalue weighted by atomic mass is 9.92. The molecular formula is C36H40N2O5. The number of rotatable bonds is 14. The molecule has 0 aliphatic heterocycles. The number of ether oxygens (including phenoxy) is 1. The monoisotopic (exact) mass is 580 g/mol. The Labute approximate surface area is 253 Å². The average Bonchev–Trinajstić information content (AvgIpc) is 2.99. The fourth-order valence-electron chi connectivity index (χ4n) is 5.23. The lowest BCUT2D eigenvalue weighted by molar-refractivity contribution is -0.143. The topological polar surface area (TPSA) is 95.3 Å². The summed E-state index contributed by atoms with van der Waals surface area (Å²) in [6.45, 7) is 2.49.